The molecule has 0 spiro atoms. The maximum absolute atomic E-state index is 5.55. The molecule has 96 valence electrons. The zero-order chi connectivity index (χ0) is 13.2. The van der Waals surface area contributed by atoms with Crippen LogP contribution in [0.4, 0.5) is 0 Å². The number of rotatable bonds is 3. The van der Waals surface area contributed by atoms with Crippen molar-refractivity contribution >= 4 is 10.8 Å². The molecule has 0 amide bonds. The molecule has 0 aliphatic heterocycles. The second-order valence-corrected chi connectivity index (χ2v) is 4.24. The zero-order valence-electron chi connectivity index (χ0n) is 10.6. The van der Waals surface area contributed by atoms with Gasteiger partial charge in [-0.05, 0) is 17.5 Å². The van der Waals surface area contributed by atoms with E-state index in [-0.39, 0.29) is 0 Å². The second-order valence-electron chi connectivity index (χ2n) is 4.24. The van der Waals surface area contributed by atoms with Crippen LogP contribution in [0.1, 0.15) is 5.76 Å². The lowest BCUT2D eigenvalue weighted by atomic mass is 10.0. The smallest absolute Gasteiger partial charge is 0.150 e. The van der Waals surface area contributed by atoms with Crippen LogP contribution in [0.25, 0.3) is 22.0 Å². The lowest BCUT2D eigenvalue weighted by molar-refractivity contribution is 0.387. The van der Waals surface area contributed by atoms with Crippen molar-refractivity contribution in [2.24, 2.45) is 5.73 Å². The molecule has 3 rings (SSSR count). The van der Waals surface area contributed by atoms with Crippen LogP contribution in [0, 0.1) is 0 Å². The van der Waals surface area contributed by atoms with E-state index in [4.69, 9.17) is 15.0 Å². The van der Waals surface area contributed by atoms with Gasteiger partial charge in [-0.3, -0.25) is 0 Å². The van der Waals surface area contributed by atoms with Gasteiger partial charge in [0.05, 0.1) is 13.7 Å². The van der Waals surface area contributed by atoms with E-state index < -0.39 is 0 Å². The van der Waals surface area contributed by atoms with E-state index in [0.29, 0.717) is 12.3 Å². The molecule has 0 radical (unpaired) electrons. The van der Waals surface area contributed by atoms with Gasteiger partial charge in [0.25, 0.3) is 0 Å². The maximum Gasteiger partial charge on any atom is 0.150 e. The average molecular weight is 254 g/mol. The van der Waals surface area contributed by atoms with Gasteiger partial charge in [0, 0.05) is 17.0 Å². The minimum atomic E-state index is 0.348. The van der Waals surface area contributed by atoms with Crippen LogP contribution in [0.2, 0.25) is 0 Å². The number of benzene rings is 2. The SMILES string of the molecule is COc1ccc(-c2cc(CN)on2)c2ccccc12. The summed E-state index contributed by atoms with van der Waals surface area (Å²) in [5, 5.41) is 6.20. The van der Waals surface area contributed by atoms with Crippen LogP contribution in [-0.2, 0) is 6.54 Å². The summed E-state index contributed by atoms with van der Waals surface area (Å²) in [5.74, 6) is 1.52. The number of nitrogens with two attached hydrogens (primary N) is 1. The minimum absolute atomic E-state index is 0.348. The van der Waals surface area contributed by atoms with Gasteiger partial charge in [-0.25, -0.2) is 0 Å². The molecule has 19 heavy (non-hydrogen) atoms. The Kier molecular flexibility index (Phi) is 2.93. The fraction of sp³-hybridized carbons (Fsp3) is 0.133. The lowest BCUT2D eigenvalue weighted by Crippen LogP contribution is -1.92. The fourth-order valence-electron chi connectivity index (χ4n) is 2.21. The molecule has 0 atom stereocenters. The molecular weight excluding hydrogens is 240 g/mol. The molecule has 1 heterocycles. The summed E-state index contributed by atoms with van der Waals surface area (Å²) >= 11 is 0. The van der Waals surface area contributed by atoms with Crippen molar-refractivity contribution in [3.63, 3.8) is 0 Å². The van der Waals surface area contributed by atoms with Gasteiger partial charge >= 0.3 is 0 Å². The Hall–Kier alpha value is -2.33. The predicted molar refractivity (Wildman–Crippen MR) is 73.9 cm³/mol. The number of methoxy groups -OCH3 is 1. The largest absolute Gasteiger partial charge is 0.496 e. The van der Waals surface area contributed by atoms with Crippen molar-refractivity contribution < 1.29 is 9.26 Å². The van der Waals surface area contributed by atoms with Gasteiger partial charge in [0.2, 0.25) is 0 Å². The first-order chi connectivity index (χ1) is 9.33. The molecule has 3 aromatic rings. The van der Waals surface area contributed by atoms with Gasteiger partial charge in [-0.2, -0.15) is 0 Å². The fourth-order valence-corrected chi connectivity index (χ4v) is 2.21. The average Bonchev–Trinajstić information content (AvgIpc) is 2.95. The third-order valence-corrected chi connectivity index (χ3v) is 3.14. The van der Waals surface area contributed by atoms with Crippen molar-refractivity contribution in [1.29, 1.82) is 0 Å². The highest BCUT2D eigenvalue weighted by Crippen LogP contribution is 2.33. The number of fused-ring (bicyclic) bond motifs is 1. The van der Waals surface area contributed by atoms with E-state index in [1.807, 2.05) is 42.5 Å². The van der Waals surface area contributed by atoms with Crippen molar-refractivity contribution in [3.05, 3.63) is 48.2 Å². The molecule has 0 aliphatic carbocycles. The van der Waals surface area contributed by atoms with Crippen LogP contribution in [-0.4, -0.2) is 12.3 Å². The Balaban J connectivity index is 2.24. The number of aromatic nitrogens is 1. The molecule has 4 nitrogen and oxygen atoms in total. The van der Waals surface area contributed by atoms with E-state index in [1.54, 1.807) is 7.11 Å². The van der Waals surface area contributed by atoms with E-state index in [9.17, 15) is 0 Å². The van der Waals surface area contributed by atoms with E-state index in [2.05, 4.69) is 5.16 Å². The van der Waals surface area contributed by atoms with Crippen LogP contribution < -0.4 is 10.5 Å². The Morgan fingerprint density at radius 2 is 1.95 bits per heavy atom. The highest BCUT2D eigenvalue weighted by Gasteiger charge is 2.11. The summed E-state index contributed by atoms with van der Waals surface area (Å²) < 4.78 is 10.5. The molecule has 0 fully saturated rings. The summed E-state index contributed by atoms with van der Waals surface area (Å²) in [4.78, 5) is 0. The van der Waals surface area contributed by atoms with E-state index >= 15 is 0 Å². The van der Waals surface area contributed by atoms with E-state index in [0.717, 1.165) is 27.8 Å². The third kappa shape index (κ3) is 1.96. The highest BCUT2D eigenvalue weighted by molar-refractivity contribution is 5.99. The quantitative estimate of drug-likeness (QED) is 0.780. The summed E-state index contributed by atoms with van der Waals surface area (Å²) in [6.45, 7) is 0.348. The van der Waals surface area contributed by atoms with Gasteiger partial charge < -0.3 is 15.0 Å². The molecule has 1 aromatic heterocycles. The molecule has 0 unspecified atom stereocenters. The maximum atomic E-state index is 5.55. The molecule has 2 aromatic carbocycles. The Morgan fingerprint density at radius 3 is 2.63 bits per heavy atom. The number of ether oxygens (including phenoxy) is 1. The van der Waals surface area contributed by atoms with Crippen molar-refractivity contribution in [2.75, 3.05) is 7.11 Å². The molecule has 2 N–H and O–H groups in total. The summed E-state index contributed by atoms with van der Waals surface area (Å²) in [7, 11) is 1.67. The van der Waals surface area contributed by atoms with Gasteiger partial charge in [0.15, 0.2) is 5.76 Å². The van der Waals surface area contributed by atoms with Gasteiger partial charge in [-0.15, -0.1) is 0 Å². The molecule has 4 heteroatoms. The highest BCUT2D eigenvalue weighted by atomic mass is 16.5. The second kappa shape index (κ2) is 4.74. The minimum Gasteiger partial charge on any atom is -0.496 e. The lowest BCUT2D eigenvalue weighted by Gasteiger charge is -2.08. The first-order valence-electron chi connectivity index (χ1n) is 6.05. The number of hydrogen-bond donors (Lipinski definition) is 1. The van der Waals surface area contributed by atoms with Gasteiger partial charge in [-0.1, -0.05) is 29.4 Å². The summed E-state index contributed by atoms with van der Waals surface area (Å²) in [6, 6.07) is 13.9. The topological polar surface area (TPSA) is 61.3 Å². The first kappa shape index (κ1) is 11.7. The van der Waals surface area contributed by atoms with Crippen molar-refractivity contribution in [2.45, 2.75) is 6.54 Å². The van der Waals surface area contributed by atoms with Crippen LogP contribution >= 0.6 is 0 Å². The standard InChI is InChI=1S/C15H14N2O2/c1-18-15-7-6-12(11-4-2-3-5-13(11)15)14-8-10(9-16)19-17-14/h2-8H,9,16H2,1H3. The van der Waals surface area contributed by atoms with Crippen LogP contribution in [0.15, 0.2) is 47.0 Å². The Labute approximate surface area is 110 Å². The molecule has 0 saturated carbocycles. The van der Waals surface area contributed by atoms with Crippen LogP contribution in [0.5, 0.6) is 5.75 Å². The Bertz CT molecular complexity index is 719. The third-order valence-electron chi connectivity index (χ3n) is 3.14. The molecular formula is C15H14N2O2. The van der Waals surface area contributed by atoms with Crippen LogP contribution in [0.3, 0.4) is 0 Å². The number of hydrogen-bond acceptors (Lipinski definition) is 4. The number of nitrogens with zero attached hydrogens (tertiary/aromatic N) is 1. The summed E-state index contributed by atoms with van der Waals surface area (Å²) in [5.41, 5.74) is 7.35. The summed E-state index contributed by atoms with van der Waals surface area (Å²) in [6.07, 6.45) is 0. The Morgan fingerprint density at radius 1 is 1.16 bits per heavy atom. The monoisotopic (exact) mass is 254 g/mol. The first-order valence-corrected chi connectivity index (χ1v) is 6.05. The zero-order valence-corrected chi connectivity index (χ0v) is 10.6. The van der Waals surface area contributed by atoms with Crippen molar-refractivity contribution in [3.8, 4) is 17.0 Å². The molecule has 0 bridgehead atoms. The normalized spacial score (nSPS) is 10.8. The van der Waals surface area contributed by atoms with Gasteiger partial charge in [0.1, 0.15) is 11.4 Å². The van der Waals surface area contributed by atoms with Crippen molar-refractivity contribution in [1.82, 2.24) is 5.16 Å². The molecule has 0 aliphatic rings. The molecule has 0 saturated heterocycles. The van der Waals surface area contributed by atoms with E-state index in [1.165, 1.54) is 0 Å². The predicted octanol–water partition coefficient (Wildman–Crippen LogP) is 2.96.